The smallest absolute Gasteiger partial charge is 0.261 e. The van der Waals surface area contributed by atoms with Crippen molar-refractivity contribution in [1.82, 2.24) is 34.9 Å². The third-order valence-electron chi connectivity index (χ3n) is 9.54. The van der Waals surface area contributed by atoms with E-state index in [-0.39, 0.29) is 17.9 Å². The van der Waals surface area contributed by atoms with E-state index >= 15 is 0 Å². The molecule has 3 N–H and O–H groups in total. The van der Waals surface area contributed by atoms with Gasteiger partial charge < -0.3 is 30.1 Å². The van der Waals surface area contributed by atoms with Crippen molar-refractivity contribution in [2.24, 2.45) is 0 Å². The van der Waals surface area contributed by atoms with Crippen LogP contribution in [0, 0.1) is 0 Å². The van der Waals surface area contributed by atoms with Crippen LogP contribution in [-0.2, 0) is 11.0 Å². The maximum atomic E-state index is 12.9. The van der Waals surface area contributed by atoms with Crippen molar-refractivity contribution in [2.45, 2.75) is 57.0 Å². The van der Waals surface area contributed by atoms with Crippen LogP contribution in [0.25, 0.3) is 11.5 Å². The Labute approximate surface area is 255 Å². The van der Waals surface area contributed by atoms with Crippen LogP contribution in [0.3, 0.4) is 0 Å². The van der Waals surface area contributed by atoms with E-state index in [2.05, 4.69) is 30.7 Å². The largest absolute Gasteiger partial charge is 0.394 e. The molecule has 12 nitrogen and oxygen atoms in total. The molecular formula is C32H37N9O3. The number of anilines is 3. The third-order valence-corrected chi connectivity index (χ3v) is 9.54. The fraction of sp³-hybridized carbons (Fsp3) is 0.438. The minimum absolute atomic E-state index is 0.0515. The van der Waals surface area contributed by atoms with Crippen molar-refractivity contribution >= 4 is 23.4 Å². The number of rotatable bonds is 9. The van der Waals surface area contributed by atoms with E-state index in [1.54, 1.807) is 17.3 Å². The fourth-order valence-electron chi connectivity index (χ4n) is 6.88. The molecule has 4 aromatic rings. The first-order chi connectivity index (χ1) is 21.3. The van der Waals surface area contributed by atoms with Gasteiger partial charge in [-0.2, -0.15) is 4.98 Å². The summed E-state index contributed by atoms with van der Waals surface area (Å²) >= 11 is 0. The van der Waals surface area contributed by atoms with E-state index < -0.39 is 11.6 Å². The highest BCUT2D eigenvalue weighted by Crippen LogP contribution is 2.43. The summed E-state index contributed by atoms with van der Waals surface area (Å²) in [6.45, 7) is 9.54. The minimum atomic E-state index is -0.557. The van der Waals surface area contributed by atoms with E-state index in [0.29, 0.717) is 46.7 Å². The Hall–Kier alpha value is -4.42. The molecule has 4 aliphatic rings. The number of hydrogen-bond acceptors (Lipinski definition) is 11. The molecule has 3 fully saturated rings. The number of nitrogens with one attached hydrogen (secondary N) is 2. The Morgan fingerprint density at radius 1 is 1.02 bits per heavy atom. The highest BCUT2D eigenvalue weighted by molar-refractivity contribution is 5.99. The molecule has 7 heterocycles. The van der Waals surface area contributed by atoms with Crippen LogP contribution in [-0.4, -0.2) is 78.7 Å². The van der Waals surface area contributed by atoms with Crippen molar-refractivity contribution in [3.05, 3.63) is 71.4 Å². The number of nitrogens with zero attached hydrogens (tertiary/aromatic N) is 7. The van der Waals surface area contributed by atoms with Crippen molar-refractivity contribution in [1.29, 1.82) is 0 Å². The van der Waals surface area contributed by atoms with Gasteiger partial charge in [0.25, 0.3) is 11.8 Å². The summed E-state index contributed by atoms with van der Waals surface area (Å²) in [6, 6.07) is 11.2. The predicted octanol–water partition coefficient (Wildman–Crippen LogP) is 4.26. The molecule has 2 bridgehead atoms. The van der Waals surface area contributed by atoms with Crippen LogP contribution in [0.4, 0.5) is 17.5 Å². The molecule has 12 heteroatoms. The van der Waals surface area contributed by atoms with Gasteiger partial charge in [-0.05, 0) is 65.2 Å². The normalized spacial score (nSPS) is 22.6. The van der Waals surface area contributed by atoms with Crippen LogP contribution < -0.4 is 10.6 Å². The van der Waals surface area contributed by atoms with E-state index in [4.69, 9.17) is 14.5 Å². The molecule has 1 atom stereocenters. The summed E-state index contributed by atoms with van der Waals surface area (Å²) in [5.41, 5.74) is 2.80. The number of amides is 1. The molecular weight excluding hydrogens is 558 g/mol. The third kappa shape index (κ3) is 4.78. The van der Waals surface area contributed by atoms with Gasteiger partial charge in [-0.1, -0.05) is 35.5 Å². The number of aliphatic hydroxyl groups excluding tert-OH is 1. The average molecular weight is 596 g/mol. The monoisotopic (exact) mass is 595 g/mol. The fourth-order valence-corrected chi connectivity index (χ4v) is 6.88. The Morgan fingerprint density at radius 2 is 1.75 bits per heavy atom. The maximum Gasteiger partial charge on any atom is 0.261 e. The molecule has 44 heavy (non-hydrogen) atoms. The standard InChI is InChI=1S/C32H37N9O3/c1-4-41-28(43)22-18-34-30(37-26(22)31(41,2)3)36-25-16-23(35-24(19-42)20-8-6-5-7-9-20)21(17-33-25)27-38-29(39-44-27)32-10-13-40(14-11-32)15-12-32/h5-9,16-18,24,42H,4,10-15,19H2,1-3H3,(H2,33,34,35,36,37)/t24-/m1/s1. The van der Waals surface area contributed by atoms with Crippen LogP contribution in [0.2, 0.25) is 0 Å². The van der Waals surface area contributed by atoms with Crippen LogP contribution in [0.15, 0.2) is 53.3 Å². The van der Waals surface area contributed by atoms with E-state index in [0.717, 1.165) is 50.3 Å². The number of aliphatic hydroxyl groups is 1. The van der Waals surface area contributed by atoms with Crippen LogP contribution in [0.5, 0.6) is 0 Å². The highest BCUT2D eigenvalue weighted by atomic mass is 16.5. The van der Waals surface area contributed by atoms with Crippen molar-refractivity contribution in [3.8, 4) is 11.5 Å². The zero-order valence-electron chi connectivity index (χ0n) is 25.2. The van der Waals surface area contributed by atoms with Gasteiger partial charge >= 0.3 is 0 Å². The number of aromatic nitrogens is 5. The van der Waals surface area contributed by atoms with E-state index in [9.17, 15) is 9.90 Å². The number of fused-ring (bicyclic) bond motifs is 4. The molecule has 0 spiro atoms. The molecule has 3 aromatic heterocycles. The number of pyridine rings is 1. The van der Waals surface area contributed by atoms with Gasteiger partial charge in [-0.25, -0.2) is 15.0 Å². The maximum absolute atomic E-state index is 12.9. The van der Waals surface area contributed by atoms with Crippen molar-refractivity contribution < 1.29 is 14.4 Å². The topological polar surface area (TPSA) is 145 Å². The number of piperidine rings is 3. The summed E-state index contributed by atoms with van der Waals surface area (Å²) in [6.07, 6.45) is 6.33. The van der Waals surface area contributed by atoms with Gasteiger partial charge in [0.05, 0.1) is 40.7 Å². The number of benzene rings is 1. The number of carbonyl (C=O) groups is 1. The van der Waals surface area contributed by atoms with Crippen molar-refractivity contribution in [2.75, 3.05) is 43.4 Å². The summed E-state index contributed by atoms with van der Waals surface area (Å²) in [4.78, 5) is 35.9. The Balaban J connectivity index is 1.23. The van der Waals surface area contributed by atoms with Crippen molar-refractivity contribution in [3.63, 3.8) is 0 Å². The Kier molecular flexibility index (Phi) is 7.05. The number of hydrogen-bond donors (Lipinski definition) is 3. The first-order valence-corrected chi connectivity index (χ1v) is 15.3. The lowest BCUT2D eigenvalue weighted by atomic mass is 9.71. The van der Waals surface area contributed by atoms with Crippen LogP contribution >= 0.6 is 0 Å². The second kappa shape index (κ2) is 10.9. The van der Waals surface area contributed by atoms with Gasteiger partial charge in [0.2, 0.25) is 5.95 Å². The molecule has 0 radical (unpaired) electrons. The van der Waals surface area contributed by atoms with Gasteiger partial charge in [-0.15, -0.1) is 0 Å². The van der Waals surface area contributed by atoms with Gasteiger partial charge in [0.15, 0.2) is 5.82 Å². The predicted molar refractivity (Wildman–Crippen MR) is 164 cm³/mol. The summed E-state index contributed by atoms with van der Waals surface area (Å²) in [7, 11) is 0. The molecule has 0 saturated carbocycles. The number of carbonyl (C=O) groups excluding carboxylic acids is 1. The van der Waals surface area contributed by atoms with Gasteiger partial charge in [0.1, 0.15) is 5.82 Å². The van der Waals surface area contributed by atoms with Crippen LogP contribution in [0.1, 0.15) is 73.5 Å². The highest BCUT2D eigenvalue weighted by Gasteiger charge is 2.45. The summed E-state index contributed by atoms with van der Waals surface area (Å²) in [5, 5.41) is 21.5. The van der Waals surface area contributed by atoms with E-state index in [1.165, 1.54) is 0 Å². The zero-order valence-corrected chi connectivity index (χ0v) is 25.2. The SMILES string of the molecule is CCN1C(=O)c2cnc(Nc3cc(N[C@H](CO)c4ccccc4)c(-c4nc(C56CCN(CC5)CC6)no4)cn3)nc2C1(C)C. The first kappa shape index (κ1) is 28.4. The lowest BCUT2D eigenvalue weighted by molar-refractivity contribution is 0.0631. The molecule has 8 rings (SSSR count). The lowest BCUT2D eigenvalue weighted by Crippen LogP contribution is -2.51. The average Bonchev–Trinajstić information content (AvgIpc) is 3.63. The molecule has 1 aromatic carbocycles. The summed E-state index contributed by atoms with van der Waals surface area (Å²) in [5.74, 6) is 1.88. The quantitative estimate of drug-likeness (QED) is 0.255. The second-order valence-electron chi connectivity index (χ2n) is 12.4. The van der Waals surface area contributed by atoms with Gasteiger partial charge in [0, 0.05) is 30.4 Å². The molecule has 0 unspecified atom stereocenters. The lowest BCUT2D eigenvalue weighted by Gasteiger charge is -2.46. The molecule has 3 saturated heterocycles. The minimum Gasteiger partial charge on any atom is -0.394 e. The zero-order chi connectivity index (χ0) is 30.5. The molecule has 0 aliphatic carbocycles. The summed E-state index contributed by atoms with van der Waals surface area (Å²) < 4.78 is 5.87. The van der Waals surface area contributed by atoms with E-state index in [1.807, 2.05) is 57.2 Å². The first-order valence-electron chi connectivity index (χ1n) is 15.3. The second-order valence-corrected chi connectivity index (χ2v) is 12.4. The molecule has 4 aliphatic heterocycles. The van der Waals surface area contributed by atoms with Gasteiger partial charge in [-0.3, -0.25) is 4.79 Å². The Bertz CT molecular complexity index is 1670. The Morgan fingerprint density at radius 3 is 2.45 bits per heavy atom. The molecule has 1 amide bonds. The molecule has 228 valence electrons.